The average molecular weight is 186 g/mol. The van der Waals surface area contributed by atoms with E-state index >= 15 is 0 Å². The number of para-hydroxylation sites is 1. The molecule has 3 heteroatoms. The van der Waals surface area contributed by atoms with Gasteiger partial charge in [-0.3, -0.25) is 0 Å². The number of phenolic OH excluding ortho intramolecular Hbond substituents is 1. The van der Waals surface area contributed by atoms with Crippen LogP contribution in [0.5, 0.6) is 5.75 Å². The summed E-state index contributed by atoms with van der Waals surface area (Å²) in [5, 5.41) is 9.34. The van der Waals surface area contributed by atoms with Crippen LogP contribution in [0.3, 0.4) is 0 Å². The smallest absolute Gasteiger partial charge is 0.119 e. The molecule has 0 aliphatic heterocycles. The maximum absolute atomic E-state index is 9.33. The van der Waals surface area contributed by atoms with Crippen LogP contribution in [-0.2, 0) is 0 Å². The topological polar surface area (TPSA) is 20.2 Å². The molecule has 60 valence electrons. The minimum absolute atomic E-state index is 0.0135. The molecule has 1 rings (SSSR count). The molecule has 0 saturated heterocycles. The fourth-order valence-electron chi connectivity index (χ4n) is 0.868. The lowest BCUT2D eigenvalue weighted by atomic mass is 10.1. The van der Waals surface area contributed by atoms with Gasteiger partial charge in [-0.2, -0.15) is 25.3 Å². The van der Waals surface area contributed by atoms with E-state index in [0.29, 0.717) is 11.5 Å². The van der Waals surface area contributed by atoms with Gasteiger partial charge >= 0.3 is 0 Å². The highest BCUT2D eigenvalue weighted by molar-refractivity contribution is 7.84. The Morgan fingerprint density at radius 2 is 2.00 bits per heavy atom. The SMILES string of the molecule is Oc1ccccc1C(S)CS. The van der Waals surface area contributed by atoms with E-state index in [2.05, 4.69) is 25.3 Å². The van der Waals surface area contributed by atoms with Crippen molar-refractivity contribution in [3.63, 3.8) is 0 Å². The number of thiol groups is 2. The summed E-state index contributed by atoms with van der Waals surface area (Å²) in [5.41, 5.74) is 0.839. The molecule has 0 aliphatic rings. The van der Waals surface area contributed by atoms with E-state index in [1.807, 2.05) is 12.1 Å². The summed E-state index contributed by atoms with van der Waals surface area (Å²) in [5.74, 6) is 0.919. The van der Waals surface area contributed by atoms with Gasteiger partial charge in [0.1, 0.15) is 5.75 Å². The van der Waals surface area contributed by atoms with Crippen molar-refractivity contribution in [3.05, 3.63) is 29.8 Å². The van der Waals surface area contributed by atoms with Crippen LogP contribution in [0.1, 0.15) is 10.8 Å². The highest BCUT2D eigenvalue weighted by Gasteiger charge is 2.07. The standard InChI is InChI=1S/C8H10OS2/c9-7-4-2-1-3-6(7)8(11)5-10/h1-4,8-11H,5H2. The Kier molecular flexibility index (Phi) is 3.15. The van der Waals surface area contributed by atoms with Crippen LogP contribution in [0, 0.1) is 0 Å². The summed E-state index contributed by atoms with van der Waals surface area (Å²) in [6.45, 7) is 0. The minimum Gasteiger partial charge on any atom is -0.508 e. The monoisotopic (exact) mass is 186 g/mol. The number of hydrogen-bond acceptors (Lipinski definition) is 3. The summed E-state index contributed by atoms with van der Waals surface area (Å²) in [7, 11) is 0. The number of phenols is 1. The molecule has 0 aliphatic carbocycles. The fraction of sp³-hybridized carbons (Fsp3) is 0.250. The molecule has 1 atom stereocenters. The Morgan fingerprint density at radius 3 is 2.55 bits per heavy atom. The summed E-state index contributed by atoms with van der Waals surface area (Å²) >= 11 is 8.34. The van der Waals surface area contributed by atoms with Gasteiger partial charge in [0, 0.05) is 16.6 Å². The van der Waals surface area contributed by atoms with E-state index in [4.69, 9.17) is 0 Å². The van der Waals surface area contributed by atoms with Crippen LogP contribution >= 0.6 is 25.3 Å². The minimum atomic E-state index is 0.0135. The zero-order valence-electron chi connectivity index (χ0n) is 5.94. The van der Waals surface area contributed by atoms with E-state index in [-0.39, 0.29) is 5.25 Å². The highest BCUT2D eigenvalue weighted by Crippen LogP contribution is 2.28. The molecule has 1 nitrogen and oxygen atoms in total. The van der Waals surface area contributed by atoms with Crippen LogP contribution in [0.4, 0.5) is 0 Å². The molecular formula is C8H10OS2. The molecule has 0 spiro atoms. The Hall–Kier alpha value is -0.280. The Morgan fingerprint density at radius 1 is 1.36 bits per heavy atom. The lowest BCUT2D eigenvalue weighted by molar-refractivity contribution is 0.469. The normalized spacial score (nSPS) is 12.9. The summed E-state index contributed by atoms with van der Waals surface area (Å²) in [4.78, 5) is 0. The first-order valence-electron chi connectivity index (χ1n) is 3.32. The molecule has 1 unspecified atom stereocenters. The van der Waals surface area contributed by atoms with Crippen LogP contribution in [-0.4, -0.2) is 10.9 Å². The van der Waals surface area contributed by atoms with Crippen molar-refractivity contribution in [1.82, 2.24) is 0 Å². The fourth-order valence-corrected chi connectivity index (χ4v) is 1.28. The zero-order chi connectivity index (χ0) is 8.27. The molecule has 0 aromatic heterocycles. The predicted molar refractivity (Wildman–Crippen MR) is 53.7 cm³/mol. The van der Waals surface area contributed by atoms with Crippen molar-refractivity contribution in [2.45, 2.75) is 5.25 Å². The summed E-state index contributed by atoms with van der Waals surface area (Å²) in [6, 6.07) is 7.17. The van der Waals surface area contributed by atoms with E-state index in [1.165, 1.54) is 0 Å². The second kappa shape index (κ2) is 3.93. The van der Waals surface area contributed by atoms with Gasteiger partial charge in [0.25, 0.3) is 0 Å². The molecule has 11 heavy (non-hydrogen) atoms. The lowest BCUT2D eigenvalue weighted by Gasteiger charge is -2.08. The number of rotatable bonds is 2. The molecule has 0 fully saturated rings. The van der Waals surface area contributed by atoms with E-state index in [9.17, 15) is 5.11 Å². The molecule has 1 N–H and O–H groups in total. The molecule has 0 radical (unpaired) electrons. The second-order valence-corrected chi connectivity index (χ2v) is 3.25. The van der Waals surface area contributed by atoms with Gasteiger partial charge in [0.2, 0.25) is 0 Å². The van der Waals surface area contributed by atoms with E-state index < -0.39 is 0 Å². The van der Waals surface area contributed by atoms with Crippen molar-refractivity contribution < 1.29 is 5.11 Å². The molecule has 0 bridgehead atoms. The molecule has 0 heterocycles. The third kappa shape index (κ3) is 2.07. The molecule has 0 amide bonds. The van der Waals surface area contributed by atoms with Gasteiger partial charge in [-0.25, -0.2) is 0 Å². The Balaban J connectivity index is 2.93. The first kappa shape index (κ1) is 8.81. The van der Waals surface area contributed by atoms with Crippen molar-refractivity contribution in [3.8, 4) is 5.75 Å². The average Bonchev–Trinajstić information content (AvgIpc) is 2.04. The van der Waals surface area contributed by atoms with Gasteiger partial charge < -0.3 is 5.11 Å². The molecule has 1 aromatic rings. The molecule has 0 saturated carbocycles. The van der Waals surface area contributed by atoms with E-state index in [0.717, 1.165) is 5.56 Å². The first-order valence-corrected chi connectivity index (χ1v) is 4.47. The number of hydrogen-bond donors (Lipinski definition) is 3. The maximum atomic E-state index is 9.33. The van der Waals surface area contributed by atoms with Crippen molar-refractivity contribution in [2.75, 3.05) is 5.75 Å². The Bertz CT molecular complexity index is 237. The van der Waals surface area contributed by atoms with E-state index in [1.54, 1.807) is 12.1 Å². The Labute approximate surface area is 77.3 Å². The largest absolute Gasteiger partial charge is 0.508 e. The van der Waals surface area contributed by atoms with Crippen LogP contribution in [0.25, 0.3) is 0 Å². The first-order chi connectivity index (χ1) is 5.25. The van der Waals surface area contributed by atoms with Crippen LogP contribution in [0.2, 0.25) is 0 Å². The number of aromatic hydroxyl groups is 1. The zero-order valence-corrected chi connectivity index (χ0v) is 7.72. The van der Waals surface area contributed by atoms with Crippen molar-refractivity contribution in [1.29, 1.82) is 0 Å². The highest BCUT2D eigenvalue weighted by atomic mass is 32.1. The third-order valence-electron chi connectivity index (χ3n) is 1.47. The third-order valence-corrected chi connectivity index (χ3v) is 2.58. The molecule has 1 aromatic carbocycles. The van der Waals surface area contributed by atoms with Gasteiger partial charge in [-0.1, -0.05) is 18.2 Å². The lowest BCUT2D eigenvalue weighted by Crippen LogP contribution is -1.91. The number of benzene rings is 1. The molecular weight excluding hydrogens is 176 g/mol. The van der Waals surface area contributed by atoms with Gasteiger partial charge in [0.15, 0.2) is 0 Å². The van der Waals surface area contributed by atoms with Gasteiger partial charge in [-0.15, -0.1) is 0 Å². The van der Waals surface area contributed by atoms with Crippen molar-refractivity contribution in [2.24, 2.45) is 0 Å². The van der Waals surface area contributed by atoms with Crippen LogP contribution < -0.4 is 0 Å². The van der Waals surface area contributed by atoms with Crippen molar-refractivity contribution >= 4 is 25.3 Å². The quantitative estimate of drug-likeness (QED) is 0.605. The van der Waals surface area contributed by atoms with Gasteiger partial charge in [0.05, 0.1) is 0 Å². The summed E-state index contributed by atoms with van der Waals surface area (Å²) < 4.78 is 0. The second-order valence-electron chi connectivity index (χ2n) is 2.26. The summed E-state index contributed by atoms with van der Waals surface area (Å²) in [6.07, 6.45) is 0. The van der Waals surface area contributed by atoms with Gasteiger partial charge in [-0.05, 0) is 6.07 Å². The van der Waals surface area contributed by atoms with Crippen LogP contribution in [0.15, 0.2) is 24.3 Å². The predicted octanol–water partition coefficient (Wildman–Crippen LogP) is 2.29. The maximum Gasteiger partial charge on any atom is 0.119 e.